The van der Waals surface area contributed by atoms with Gasteiger partial charge in [-0.2, -0.15) is 10.5 Å². The number of nitriles is 2. The van der Waals surface area contributed by atoms with E-state index in [4.69, 9.17) is 10.5 Å². The van der Waals surface area contributed by atoms with Crippen LogP contribution in [0.15, 0.2) is 33.2 Å². The maximum absolute atomic E-state index is 8.99. The molecule has 76 valence electrons. The van der Waals surface area contributed by atoms with Crippen molar-refractivity contribution in [3.63, 3.8) is 0 Å². The molecular formula is C12H4Br2N2. The van der Waals surface area contributed by atoms with E-state index in [1.54, 1.807) is 12.1 Å². The first kappa shape index (κ1) is 11.1. The average Bonchev–Trinajstić information content (AvgIpc) is 2.48. The van der Waals surface area contributed by atoms with Crippen molar-refractivity contribution in [3.05, 3.63) is 44.3 Å². The third-order valence-corrected chi connectivity index (χ3v) is 3.61. The molecule has 0 bridgehead atoms. The summed E-state index contributed by atoms with van der Waals surface area (Å²) >= 11 is 6.86. The van der Waals surface area contributed by atoms with E-state index in [1.807, 2.05) is 24.3 Å². The van der Waals surface area contributed by atoms with Gasteiger partial charge in [0.2, 0.25) is 0 Å². The lowest BCUT2D eigenvalue weighted by atomic mass is 10.1. The number of fused-ring (bicyclic) bond motifs is 1. The Hall–Kier alpha value is -1.36. The Kier molecular flexibility index (Phi) is 2.96. The lowest BCUT2D eigenvalue weighted by molar-refractivity contribution is 1.45. The predicted octanol–water partition coefficient (Wildman–Crippen LogP) is 4.06. The van der Waals surface area contributed by atoms with Crippen LogP contribution in [0.5, 0.6) is 0 Å². The molecule has 2 rings (SSSR count). The monoisotopic (exact) mass is 334 g/mol. The summed E-state index contributed by atoms with van der Waals surface area (Å²) in [5, 5.41) is 17.9. The van der Waals surface area contributed by atoms with E-state index in [2.05, 4.69) is 31.9 Å². The molecule has 0 unspecified atom stereocenters. The molecule has 0 aromatic carbocycles. The molecule has 0 saturated carbocycles. The molecule has 0 spiro atoms. The zero-order chi connectivity index (χ0) is 11.7. The van der Waals surface area contributed by atoms with Crippen LogP contribution in [0.2, 0.25) is 0 Å². The summed E-state index contributed by atoms with van der Waals surface area (Å²) in [5.74, 6) is 0. The van der Waals surface area contributed by atoms with Gasteiger partial charge in [-0.15, -0.1) is 0 Å². The van der Waals surface area contributed by atoms with Crippen LogP contribution in [0.25, 0.3) is 11.1 Å². The summed E-state index contributed by atoms with van der Waals surface area (Å²) < 4.78 is 1.85. The van der Waals surface area contributed by atoms with Crippen molar-refractivity contribution >= 4 is 31.9 Å². The Morgan fingerprint density at radius 3 is 2.06 bits per heavy atom. The maximum atomic E-state index is 8.99. The number of halogens is 2. The van der Waals surface area contributed by atoms with Crippen LogP contribution in [0.4, 0.5) is 0 Å². The summed E-state index contributed by atoms with van der Waals surface area (Å²) in [4.78, 5) is 0. The van der Waals surface area contributed by atoms with Crippen LogP contribution < -0.4 is 0 Å². The third kappa shape index (κ3) is 1.71. The first-order valence-electron chi connectivity index (χ1n) is 4.39. The summed E-state index contributed by atoms with van der Waals surface area (Å²) in [5.41, 5.74) is 2.67. The van der Waals surface area contributed by atoms with E-state index in [0.717, 1.165) is 20.1 Å². The molecular weight excluding hydrogens is 332 g/mol. The summed E-state index contributed by atoms with van der Waals surface area (Å²) in [6, 6.07) is 11.2. The first-order chi connectivity index (χ1) is 7.67. The molecule has 0 saturated heterocycles. The van der Waals surface area contributed by atoms with Crippen LogP contribution in [0.3, 0.4) is 0 Å². The van der Waals surface area contributed by atoms with Gasteiger partial charge in [0.25, 0.3) is 0 Å². The Morgan fingerprint density at radius 1 is 0.812 bits per heavy atom. The standard InChI is InChI=1S/C12H4Br2N2/c13-11-4-12(14)10-3-8(6-16)7(5-15)1-2-9(10)11/h1-4H. The van der Waals surface area contributed by atoms with E-state index in [9.17, 15) is 0 Å². The molecule has 16 heavy (non-hydrogen) atoms. The molecule has 0 aliphatic heterocycles. The molecule has 0 radical (unpaired) electrons. The summed E-state index contributed by atoms with van der Waals surface area (Å²) in [7, 11) is 0. The highest BCUT2D eigenvalue weighted by Gasteiger charge is 2.13. The second-order valence-electron chi connectivity index (χ2n) is 3.20. The number of hydrogen-bond donors (Lipinski definition) is 0. The first-order valence-corrected chi connectivity index (χ1v) is 5.98. The third-order valence-electron chi connectivity index (χ3n) is 2.29. The molecule has 0 heterocycles. The van der Waals surface area contributed by atoms with Gasteiger partial charge >= 0.3 is 0 Å². The van der Waals surface area contributed by atoms with Crippen molar-refractivity contribution in [1.29, 1.82) is 10.5 Å². The zero-order valence-corrected chi connectivity index (χ0v) is 11.1. The SMILES string of the molecule is N#Cc1ccc2c(Br)cc(Br)c-2cc1C#N. The fourth-order valence-corrected chi connectivity index (χ4v) is 2.95. The molecule has 0 amide bonds. The van der Waals surface area contributed by atoms with Crippen molar-refractivity contribution in [2.24, 2.45) is 0 Å². The lowest BCUT2D eigenvalue weighted by Gasteiger charge is -1.93. The number of hydrogen-bond acceptors (Lipinski definition) is 2. The van der Waals surface area contributed by atoms with Crippen molar-refractivity contribution in [2.75, 3.05) is 0 Å². The van der Waals surface area contributed by atoms with Crippen LogP contribution in [-0.2, 0) is 0 Å². The van der Waals surface area contributed by atoms with E-state index in [0.29, 0.717) is 11.1 Å². The summed E-state index contributed by atoms with van der Waals surface area (Å²) in [6.07, 6.45) is 0. The maximum Gasteiger partial charge on any atom is 0.101 e. The highest BCUT2D eigenvalue weighted by atomic mass is 79.9. The van der Waals surface area contributed by atoms with Crippen LogP contribution >= 0.6 is 31.9 Å². The molecule has 0 aromatic heterocycles. The molecule has 2 aliphatic rings. The molecule has 0 aromatic rings. The topological polar surface area (TPSA) is 47.6 Å². The van der Waals surface area contributed by atoms with Crippen molar-refractivity contribution in [2.45, 2.75) is 0 Å². The minimum absolute atomic E-state index is 0.385. The Morgan fingerprint density at radius 2 is 1.44 bits per heavy atom. The molecule has 2 aliphatic carbocycles. The van der Waals surface area contributed by atoms with Gasteiger partial charge in [0.05, 0.1) is 11.1 Å². The Bertz CT molecular complexity index is 620. The van der Waals surface area contributed by atoms with Gasteiger partial charge in [0.1, 0.15) is 12.1 Å². The van der Waals surface area contributed by atoms with E-state index in [-0.39, 0.29) is 0 Å². The van der Waals surface area contributed by atoms with Crippen LogP contribution in [-0.4, -0.2) is 0 Å². The second-order valence-corrected chi connectivity index (χ2v) is 4.90. The smallest absolute Gasteiger partial charge is 0.101 e. The summed E-state index contributed by atoms with van der Waals surface area (Å²) in [6.45, 7) is 0. The number of rotatable bonds is 0. The minimum atomic E-state index is 0.385. The van der Waals surface area contributed by atoms with Crippen molar-refractivity contribution in [3.8, 4) is 23.3 Å². The van der Waals surface area contributed by atoms with Crippen molar-refractivity contribution < 1.29 is 0 Å². The minimum Gasteiger partial charge on any atom is -0.192 e. The quantitative estimate of drug-likeness (QED) is 0.728. The van der Waals surface area contributed by atoms with E-state index < -0.39 is 0 Å². The van der Waals surface area contributed by atoms with Gasteiger partial charge in [-0.25, -0.2) is 0 Å². The molecule has 0 atom stereocenters. The molecule has 2 nitrogen and oxygen atoms in total. The van der Waals surface area contributed by atoms with Gasteiger partial charge in [0, 0.05) is 8.95 Å². The van der Waals surface area contributed by atoms with Gasteiger partial charge in [-0.3, -0.25) is 0 Å². The predicted molar refractivity (Wildman–Crippen MR) is 67.9 cm³/mol. The van der Waals surface area contributed by atoms with E-state index in [1.165, 1.54) is 0 Å². The Labute approximate surface area is 110 Å². The highest BCUT2D eigenvalue weighted by molar-refractivity contribution is 9.11. The van der Waals surface area contributed by atoms with E-state index >= 15 is 0 Å². The lowest BCUT2D eigenvalue weighted by Crippen LogP contribution is -1.76. The second kappa shape index (κ2) is 4.25. The molecule has 0 fully saturated rings. The zero-order valence-electron chi connectivity index (χ0n) is 7.96. The Balaban J connectivity index is 2.87. The van der Waals surface area contributed by atoms with Crippen LogP contribution in [0, 0.1) is 22.7 Å². The van der Waals surface area contributed by atoms with Gasteiger partial charge < -0.3 is 0 Å². The fraction of sp³-hybridized carbons (Fsp3) is 0. The fourth-order valence-electron chi connectivity index (χ4n) is 1.51. The van der Waals surface area contributed by atoms with Crippen LogP contribution in [0.1, 0.15) is 11.1 Å². The van der Waals surface area contributed by atoms with Gasteiger partial charge in [0.15, 0.2) is 0 Å². The van der Waals surface area contributed by atoms with Crippen molar-refractivity contribution in [1.82, 2.24) is 0 Å². The largest absolute Gasteiger partial charge is 0.192 e. The number of nitrogens with zero attached hydrogens (tertiary/aromatic N) is 2. The van der Waals surface area contributed by atoms with Gasteiger partial charge in [-0.1, -0.05) is 37.9 Å². The normalized spacial score (nSPS) is 9.75. The molecule has 0 N–H and O–H groups in total. The van der Waals surface area contributed by atoms with Gasteiger partial charge in [-0.05, 0) is 29.3 Å². The molecule has 4 heteroatoms. The average molecular weight is 336 g/mol. The highest BCUT2D eigenvalue weighted by Crippen LogP contribution is 2.39.